The molecule has 0 unspecified atom stereocenters. The van der Waals surface area contributed by atoms with Crippen molar-refractivity contribution in [3.8, 4) is 17.2 Å². The van der Waals surface area contributed by atoms with Gasteiger partial charge in [0.2, 0.25) is 5.89 Å². The summed E-state index contributed by atoms with van der Waals surface area (Å²) in [5.41, 5.74) is 2.90. The van der Waals surface area contributed by atoms with Crippen molar-refractivity contribution >= 4 is 17.0 Å². The number of rotatable bonds is 4. The molecule has 1 heterocycles. The Morgan fingerprint density at radius 1 is 0.962 bits per heavy atom. The van der Waals surface area contributed by atoms with Crippen LogP contribution >= 0.6 is 0 Å². The predicted molar refractivity (Wildman–Crippen MR) is 98.7 cm³/mol. The maximum absolute atomic E-state index is 12.6. The normalized spacial score (nSPS) is 10.8. The number of amides is 1. The van der Waals surface area contributed by atoms with Crippen molar-refractivity contribution in [1.29, 1.82) is 0 Å². The molecule has 0 aliphatic carbocycles. The molecule has 26 heavy (non-hydrogen) atoms. The van der Waals surface area contributed by atoms with E-state index in [2.05, 4.69) is 10.3 Å². The first-order valence-corrected chi connectivity index (χ1v) is 8.22. The Kier molecular flexibility index (Phi) is 4.11. The third-order valence-corrected chi connectivity index (χ3v) is 4.09. The van der Waals surface area contributed by atoms with Crippen LogP contribution in [0.1, 0.15) is 15.9 Å². The predicted octanol–water partition coefficient (Wildman–Crippen LogP) is 4.13. The number of nitrogens with one attached hydrogen (secondary N) is 1. The number of phenols is 1. The molecule has 0 radical (unpaired) electrons. The highest BCUT2D eigenvalue weighted by molar-refractivity contribution is 6.04. The average Bonchev–Trinajstić information content (AvgIpc) is 3.11. The number of para-hydroxylation sites is 2. The minimum atomic E-state index is -0.225. The van der Waals surface area contributed by atoms with Gasteiger partial charge in [-0.05, 0) is 29.8 Å². The SMILES string of the molecule is O=C(NCc1ccccc1)c1cccc2oc(-c3ccccc3O)nc12. The maximum Gasteiger partial charge on any atom is 0.253 e. The van der Waals surface area contributed by atoms with Gasteiger partial charge in [0.25, 0.3) is 5.91 Å². The lowest BCUT2D eigenvalue weighted by molar-refractivity contribution is 0.0952. The van der Waals surface area contributed by atoms with Gasteiger partial charge in [-0.2, -0.15) is 0 Å². The molecule has 0 fully saturated rings. The van der Waals surface area contributed by atoms with E-state index in [1.807, 2.05) is 30.3 Å². The van der Waals surface area contributed by atoms with E-state index in [9.17, 15) is 9.90 Å². The Balaban J connectivity index is 1.65. The van der Waals surface area contributed by atoms with Crippen LogP contribution in [-0.4, -0.2) is 16.0 Å². The molecule has 1 aromatic heterocycles. The van der Waals surface area contributed by atoms with Gasteiger partial charge in [0.1, 0.15) is 11.3 Å². The maximum atomic E-state index is 12.6. The largest absolute Gasteiger partial charge is 0.507 e. The summed E-state index contributed by atoms with van der Waals surface area (Å²) in [5.74, 6) is 0.132. The van der Waals surface area contributed by atoms with E-state index < -0.39 is 0 Å². The lowest BCUT2D eigenvalue weighted by Crippen LogP contribution is -2.23. The number of nitrogens with zero attached hydrogens (tertiary/aromatic N) is 1. The van der Waals surface area contributed by atoms with Crippen LogP contribution in [0.5, 0.6) is 5.75 Å². The monoisotopic (exact) mass is 344 g/mol. The van der Waals surface area contributed by atoms with Gasteiger partial charge in [0.15, 0.2) is 5.58 Å². The standard InChI is InChI=1S/C21H16N2O3/c24-17-11-5-4-9-15(17)21-23-19-16(10-6-12-18(19)26-21)20(25)22-13-14-7-2-1-3-8-14/h1-12,24H,13H2,(H,22,25). The summed E-state index contributed by atoms with van der Waals surface area (Å²) < 4.78 is 5.74. The van der Waals surface area contributed by atoms with Gasteiger partial charge < -0.3 is 14.8 Å². The third kappa shape index (κ3) is 3.02. The topological polar surface area (TPSA) is 75.4 Å². The molecule has 4 rings (SSSR count). The van der Waals surface area contributed by atoms with Crippen LogP contribution in [0, 0.1) is 0 Å². The fraction of sp³-hybridized carbons (Fsp3) is 0.0476. The molecule has 2 N–H and O–H groups in total. The average molecular weight is 344 g/mol. The minimum absolute atomic E-state index is 0.0779. The number of fused-ring (bicyclic) bond motifs is 1. The van der Waals surface area contributed by atoms with Crippen molar-refractivity contribution in [3.05, 3.63) is 83.9 Å². The zero-order valence-electron chi connectivity index (χ0n) is 13.8. The molecule has 0 aliphatic rings. The lowest BCUT2D eigenvalue weighted by atomic mass is 10.1. The molecule has 0 saturated heterocycles. The highest BCUT2D eigenvalue weighted by atomic mass is 16.3. The smallest absolute Gasteiger partial charge is 0.253 e. The van der Waals surface area contributed by atoms with Gasteiger partial charge in [-0.3, -0.25) is 4.79 Å². The first-order valence-electron chi connectivity index (χ1n) is 8.22. The summed E-state index contributed by atoms with van der Waals surface area (Å²) in [6, 6.07) is 21.7. The molecule has 0 atom stereocenters. The van der Waals surface area contributed by atoms with Gasteiger partial charge >= 0.3 is 0 Å². The molecule has 3 aromatic carbocycles. The molecule has 128 valence electrons. The van der Waals surface area contributed by atoms with Crippen molar-refractivity contribution < 1.29 is 14.3 Å². The van der Waals surface area contributed by atoms with Crippen LogP contribution in [0.15, 0.2) is 77.2 Å². The Morgan fingerprint density at radius 2 is 1.73 bits per heavy atom. The van der Waals surface area contributed by atoms with E-state index in [4.69, 9.17) is 4.42 Å². The highest BCUT2D eigenvalue weighted by Crippen LogP contribution is 2.31. The quantitative estimate of drug-likeness (QED) is 0.584. The number of hydrogen-bond acceptors (Lipinski definition) is 4. The van der Waals surface area contributed by atoms with Crippen molar-refractivity contribution in [3.63, 3.8) is 0 Å². The van der Waals surface area contributed by atoms with Crippen LogP contribution in [0.3, 0.4) is 0 Å². The Hall–Kier alpha value is -3.60. The molecule has 4 aromatic rings. The van der Waals surface area contributed by atoms with E-state index in [-0.39, 0.29) is 17.5 Å². The molecule has 0 saturated carbocycles. The molecule has 1 amide bonds. The number of carbonyl (C=O) groups excluding carboxylic acids is 1. The fourth-order valence-electron chi connectivity index (χ4n) is 2.77. The first-order chi connectivity index (χ1) is 12.7. The van der Waals surface area contributed by atoms with Crippen LogP contribution in [-0.2, 0) is 6.54 Å². The van der Waals surface area contributed by atoms with Crippen molar-refractivity contribution in [1.82, 2.24) is 10.3 Å². The summed E-state index contributed by atoms with van der Waals surface area (Å²) in [6.45, 7) is 0.431. The second kappa shape index (κ2) is 6.72. The lowest BCUT2D eigenvalue weighted by Gasteiger charge is -2.05. The first kappa shape index (κ1) is 15.9. The molecular weight excluding hydrogens is 328 g/mol. The number of phenolic OH excluding ortho intramolecular Hbond substituents is 1. The minimum Gasteiger partial charge on any atom is -0.507 e. The van der Waals surface area contributed by atoms with Gasteiger partial charge in [0.05, 0.1) is 11.1 Å². The second-order valence-electron chi connectivity index (χ2n) is 5.86. The van der Waals surface area contributed by atoms with Crippen LogP contribution in [0.25, 0.3) is 22.6 Å². The molecule has 0 bridgehead atoms. The Morgan fingerprint density at radius 3 is 2.54 bits per heavy atom. The molecule has 5 heteroatoms. The summed E-state index contributed by atoms with van der Waals surface area (Å²) >= 11 is 0. The summed E-state index contributed by atoms with van der Waals surface area (Å²) in [7, 11) is 0. The van der Waals surface area contributed by atoms with E-state index in [0.29, 0.717) is 28.8 Å². The third-order valence-electron chi connectivity index (χ3n) is 4.09. The zero-order chi connectivity index (χ0) is 17.9. The molecule has 0 spiro atoms. The Bertz CT molecular complexity index is 1070. The van der Waals surface area contributed by atoms with Crippen LogP contribution < -0.4 is 5.32 Å². The fourth-order valence-corrected chi connectivity index (χ4v) is 2.77. The van der Waals surface area contributed by atoms with Crippen molar-refractivity contribution in [2.75, 3.05) is 0 Å². The Labute approximate surface area is 149 Å². The van der Waals surface area contributed by atoms with E-state index in [1.54, 1.807) is 42.5 Å². The van der Waals surface area contributed by atoms with Crippen molar-refractivity contribution in [2.45, 2.75) is 6.54 Å². The number of aromatic hydroxyl groups is 1. The number of aromatic nitrogens is 1. The van der Waals surface area contributed by atoms with Gasteiger partial charge in [-0.1, -0.05) is 48.5 Å². The van der Waals surface area contributed by atoms with E-state index >= 15 is 0 Å². The zero-order valence-corrected chi connectivity index (χ0v) is 13.8. The second-order valence-corrected chi connectivity index (χ2v) is 5.86. The van der Waals surface area contributed by atoms with Crippen LogP contribution in [0.2, 0.25) is 0 Å². The summed E-state index contributed by atoms with van der Waals surface area (Å²) in [5, 5.41) is 12.9. The van der Waals surface area contributed by atoms with Crippen molar-refractivity contribution in [2.24, 2.45) is 0 Å². The highest BCUT2D eigenvalue weighted by Gasteiger charge is 2.17. The van der Waals surface area contributed by atoms with Gasteiger partial charge in [0, 0.05) is 6.54 Å². The summed E-state index contributed by atoms with van der Waals surface area (Å²) in [6.07, 6.45) is 0. The van der Waals surface area contributed by atoms with Gasteiger partial charge in [-0.15, -0.1) is 0 Å². The van der Waals surface area contributed by atoms with E-state index in [1.165, 1.54) is 0 Å². The number of hydrogen-bond donors (Lipinski definition) is 2. The number of carbonyl (C=O) groups is 1. The molecular formula is C21H16N2O3. The number of benzene rings is 3. The van der Waals surface area contributed by atoms with Crippen LogP contribution in [0.4, 0.5) is 0 Å². The van der Waals surface area contributed by atoms with Gasteiger partial charge in [-0.25, -0.2) is 4.98 Å². The summed E-state index contributed by atoms with van der Waals surface area (Å²) in [4.78, 5) is 17.0. The molecule has 0 aliphatic heterocycles. The molecule has 5 nitrogen and oxygen atoms in total. The van der Waals surface area contributed by atoms with E-state index in [0.717, 1.165) is 5.56 Å². The number of oxazole rings is 1.